The van der Waals surface area contributed by atoms with Gasteiger partial charge in [0, 0.05) is 30.3 Å². The van der Waals surface area contributed by atoms with Crippen molar-refractivity contribution in [2.24, 2.45) is 10.2 Å². The predicted molar refractivity (Wildman–Crippen MR) is 124 cm³/mol. The number of aryl methyl sites for hydroxylation is 1. The molecule has 148 valence electrons. The lowest BCUT2D eigenvalue weighted by Crippen LogP contribution is -2.08. The standard InChI is InChI=1S/C22H22N4OS2/c1-14-11-19(26(2)3)20(27)13-18(14)24-25-22-23-17-10-9-16(12-21(17)29-22)28-15-7-5-4-6-8-15/h4-7,9-13,15,27H,8H2,1-3H3. The normalized spacial score (nSPS) is 16.2. The Morgan fingerprint density at radius 1 is 1.17 bits per heavy atom. The molecule has 0 saturated heterocycles. The van der Waals surface area contributed by atoms with Crippen molar-refractivity contribution in [3.05, 3.63) is 60.2 Å². The van der Waals surface area contributed by atoms with Crippen molar-refractivity contribution < 1.29 is 5.11 Å². The summed E-state index contributed by atoms with van der Waals surface area (Å²) in [5.74, 6) is 0.187. The van der Waals surface area contributed by atoms with Crippen LogP contribution in [-0.4, -0.2) is 29.4 Å². The molecular weight excluding hydrogens is 400 g/mol. The maximum Gasteiger partial charge on any atom is 0.231 e. The van der Waals surface area contributed by atoms with E-state index in [0.717, 1.165) is 27.9 Å². The van der Waals surface area contributed by atoms with Crippen LogP contribution >= 0.6 is 23.1 Å². The molecular formula is C22H22N4OS2. The summed E-state index contributed by atoms with van der Waals surface area (Å²) in [5, 5.41) is 19.9. The number of fused-ring (bicyclic) bond motifs is 1. The van der Waals surface area contributed by atoms with Gasteiger partial charge in [0.2, 0.25) is 5.13 Å². The van der Waals surface area contributed by atoms with Gasteiger partial charge in [-0.15, -0.1) is 22.0 Å². The zero-order valence-electron chi connectivity index (χ0n) is 16.5. The third-order valence-electron chi connectivity index (χ3n) is 4.60. The van der Waals surface area contributed by atoms with Crippen LogP contribution in [0.25, 0.3) is 10.2 Å². The number of aromatic hydroxyl groups is 1. The Balaban J connectivity index is 1.54. The van der Waals surface area contributed by atoms with Crippen molar-refractivity contribution in [3.63, 3.8) is 0 Å². The molecule has 1 heterocycles. The van der Waals surface area contributed by atoms with Crippen LogP contribution in [0.5, 0.6) is 5.75 Å². The monoisotopic (exact) mass is 422 g/mol. The van der Waals surface area contributed by atoms with Gasteiger partial charge >= 0.3 is 0 Å². The first-order chi connectivity index (χ1) is 14.0. The highest BCUT2D eigenvalue weighted by Gasteiger charge is 2.11. The summed E-state index contributed by atoms with van der Waals surface area (Å²) in [6.07, 6.45) is 9.69. The van der Waals surface area contributed by atoms with Gasteiger partial charge < -0.3 is 10.0 Å². The number of benzene rings is 2. The minimum absolute atomic E-state index is 0.187. The summed E-state index contributed by atoms with van der Waals surface area (Å²) >= 11 is 3.38. The second kappa shape index (κ2) is 8.39. The number of hydrogen-bond donors (Lipinski definition) is 1. The van der Waals surface area contributed by atoms with Crippen molar-refractivity contribution in [3.8, 4) is 5.75 Å². The first kappa shape index (κ1) is 19.7. The lowest BCUT2D eigenvalue weighted by Gasteiger charge is -2.15. The van der Waals surface area contributed by atoms with Crippen LogP contribution in [0.15, 0.2) is 69.8 Å². The van der Waals surface area contributed by atoms with Crippen molar-refractivity contribution in [1.82, 2.24) is 4.98 Å². The molecule has 1 N–H and O–H groups in total. The zero-order chi connectivity index (χ0) is 20.4. The van der Waals surface area contributed by atoms with E-state index in [9.17, 15) is 5.11 Å². The van der Waals surface area contributed by atoms with E-state index < -0.39 is 0 Å². The van der Waals surface area contributed by atoms with E-state index in [0.29, 0.717) is 16.1 Å². The van der Waals surface area contributed by atoms with Gasteiger partial charge in [-0.1, -0.05) is 35.6 Å². The largest absolute Gasteiger partial charge is 0.506 e. The number of thioether (sulfide) groups is 1. The molecule has 0 spiro atoms. The van der Waals surface area contributed by atoms with E-state index >= 15 is 0 Å². The summed E-state index contributed by atoms with van der Waals surface area (Å²) in [6.45, 7) is 1.96. The van der Waals surface area contributed by atoms with Crippen LogP contribution in [0.4, 0.5) is 16.5 Å². The molecule has 0 bridgehead atoms. The molecule has 1 aliphatic carbocycles. The number of aromatic nitrogens is 1. The SMILES string of the molecule is Cc1cc(N(C)C)c(O)cc1N=Nc1nc2ccc(SC3C=CC=CC3)cc2s1. The second-order valence-electron chi connectivity index (χ2n) is 7.05. The van der Waals surface area contributed by atoms with Gasteiger partial charge in [0.25, 0.3) is 0 Å². The predicted octanol–water partition coefficient (Wildman–Crippen LogP) is 6.77. The van der Waals surface area contributed by atoms with E-state index in [1.54, 1.807) is 6.07 Å². The fourth-order valence-corrected chi connectivity index (χ4v) is 5.02. The first-order valence-electron chi connectivity index (χ1n) is 9.33. The summed E-state index contributed by atoms with van der Waals surface area (Å²) in [7, 11) is 3.79. The van der Waals surface area contributed by atoms with Crippen molar-refractivity contribution >= 4 is 49.8 Å². The Hall–Kier alpha value is -2.64. The highest BCUT2D eigenvalue weighted by Crippen LogP contribution is 2.37. The van der Waals surface area contributed by atoms with Crippen molar-refractivity contribution in [1.29, 1.82) is 0 Å². The van der Waals surface area contributed by atoms with Crippen LogP contribution in [0, 0.1) is 6.92 Å². The smallest absolute Gasteiger partial charge is 0.231 e. The van der Waals surface area contributed by atoms with Gasteiger partial charge in [-0.3, -0.25) is 0 Å². The van der Waals surface area contributed by atoms with E-state index in [2.05, 4.69) is 51.6 Å². The number of anilines is 1. The fourth-order valence-electron chi connectivity index (χ4n) is 3.06. The number of phenols is 1. The van der Waals surface area contributed by atoms with Gasteiger partial charge in [0.1, 0.15) is 5.75 Å². The van der Waals surface area contributed by atoms with Crippen LogP contribution in [0.1, 0.15) is 12.0 Å². The molecule has 1 aromatic heterocycles. The van der Waals surface area contributed by atoms with Gasteiger partial charge in [0.05, 0.1) is 21.6 Å². The third kappa shape index (κ3) is 4.52. The van der Waals surface area contributed by atoms with Crippen LogP contribution in [0.2, 0.25) is 0 Å². The molecule has 0 saturated carbocycles. The fraction of sp³-hybridized carbons (Fsp3) is 0.227. The van der Waals surface area contributed by atoms with Gasteiger partial charge in [0.15, 0.2) is 0 Å². The van der Waals surface area contributed by atoms with Crippen LogP contribution < -0.4 is 4.90 Å². The quantitative estimate of drug-likeness (QED) is 0.461. The molecule has 1 aliphatic rings. The molecule has 2 aromatic carbocycles. The van der Waals surface area contributed by atoms with Gasteiger partial charge in [-0.05, 0) is 43.2 Å². The van der Waals surface area contributed by atoms with Crippen molar-refractivity contribution in [2.45, 2.75) is 23.5 Å². The Kier molecular flexibility index (Phi) is 5.69. The molecule has 1 unspecified atom stereocenters. The van der Waals surface area contributed by atoms with E-state index in [4.69, 9.17) is 0 Å². The Morgan fingerprint density at radius 3 is 2.79 bits per heavy atom. The molecule has 7 heteroatoms. The maximum absolute atomic E-state index is 10.2. The topological polar surface area (TPSA) is 61.1 Å². The number of phenolic OH excluding ortho intramolecular Hbond substituents is 1. The molecule has 29 heavy (non-hydrogen) atoms. The lowest BCUT2D eigenvalue weighted by atomic mass is 10.1. The summed E-state index contributed by atoms with van der Waals surface area (Å²) in [4.78, 5) is 7.66. The van der Waals surface area contributed by atoms with Crippen LogP contribution in [0.3, 0.4) is 0 Å². The maximum atomic E-state index is 10.2. The average Bonchev–Trinajstić information content (AvgIpc) is 3.11. The first-order valence-corrected chi connectivity index (χ1v) is 11.0. The van der Waals surface area contributed by atoms with Crippen LogP contribution in [-0.2, 0) is 0 Å². The number of azo groups is 1. The molecule has 5 nitrogen and oxygen atoms in total. The molecule has 0 fully saturated rings. The number of allylic oxidation sites excluding steroid dienone is 3. The van der Waals surface area contributed by atoms with E-state index in [1.165, 1.54) is 16.2 Å². The Bertz CT molecular complexity index is 1130. The second-order valence-corrected chi connectivity index (χ2v) is 9.37. The Labute approximate surface area is 178 Å². The van der Waals surface area contributed by atoms with E-state index in [-0.39, 0.29) is 5.75 Å². The Morgan fingerprint density at radius 2 is 2.03 bits per heavy atom. The highest BCUT2D eigenvalue weighted by atomic mass is 32.2. The van der Waals surface area contributed by atoms with Gasteiger partial charge in [-0.25, -0.2) is 4.98 Å². The zero-order valence-corrected chi connectivity index (χ0v) is 18.2. The molecule has 0 radical (unpaired) electrons. The van der Waals surface area contributed by atoms with E-state index in [1.807, 2.05) is 49.8 Å². The highest BCUT2D eigenvalue weighted by molar-refractivity contribution is 8.00. The average molecular weight is 423 g/mol. The number of nitrogens with zero attached hydrogens (tertiary/aromatic N) is 4. The molecule has 0 aliphatic heterocycles. The lowest BCUT2D eigenvalue weighted by molar-refractivity contribution is 0.475. The summed E-state index contributed by atoms with van der Waals surface area (Å²) in [5.41, 5.74) is 3.27. The minimum atomic E-state index is 0.187. The molecule has 1 atom stereocenters. The third-order valence-corrected chi connectivity index (χ3v) is 6.68. The summed E-state index contributed by atoms with van der Waals surface area (Å²) < 4.78 is 1.10. The summed E-state index contributed by atoms with van der Waals surface area (Å²) in [6, 6.07) is 9.87. The molecule has 4 rings (SSSR count). The van der Waals surface area contributed by atoms with Gasteiger partial charge in [-0.2, -0.15) is 0 Å². The molecule has 3 aromatic rings. The minimum Gasteiger partial charge on any atom is -0.506 e. The van der Waals surface area contributed by atoms with Crippen molar-refractivity contribution in [2.75, 3.05) is 19.0 Å². The number of hydrogen-bond acceptors (Lipinski definition) is 7. The number of thiazole rings is 1. The molecule has 0 amide bonds. The number of rotatable bonds is 5.